The van der Waals surface area contributed by atoms with Gasteiger partial charge in [0.15, 0.2) is 0 Å². The summed E-state index contributed by atoms with van der Waals surface area (Å²) in [6, 6.07) is 0. The van der Waals surface area contributed by atoms with Gasteiger partial charge in [-0.05, 0) is 39.8 Å². The predicted octanol–water partition coefficient (Wildman–Crippen LogP) is 1.97. The van der Waals surface area contributed by atoms with Crippen molar-refractivity contribution in [3.8, 4) is 0 Å². The van der Waals surface area contributed by atoms with Crippen molar-refractivity contribution >= 4 is 5.97 Å². The second-order valence-electron chi connectivity index (χ2n) is 3.97. The standard InChI is InChI=1S/C11H23NO2/c1-5-11(2,10(13)14-4)8-6-7-9-12-3/h12H,5-9H2,1-4H3. The van der Waals surface area contributed by atoms with Crippen LogP contribution in [-0.2, 0) is 9.53 Å². The number of nitrogens with one attached hydrogen (secondary N) is 1. The fourth-order valence-electron chi connectivity index (χ4n) is 1.49. The van der Waals surface area contributed by atoms with E-state index >= 15 is 0 Å². The van der Waals surface area contributed by atoms with E-state index in [1.54, 1.807) is 0 Å². The molecule has 1 unspecified atom stereocenters. The molecule has 3 nitrogen and oxygen atoms in total. The Morgan fingerprint density at radius 2 is 2.07 bits per heavy atom. The van der Waals surface area contributed by atoms with E-state index in [1.807, 2.05) is 20.9 Å². The first-order chi connectivity index (χ1) is 6.60. The van der Waals surface area contributed by atoms with Gasteiger partial charge in [-0.3, -0.25) is 4.79 Å². The first kappa shape index (κ1) is 13.4. The van der Waals surface area contributed by atoms with Crippen molar-refractivity contribution < 1.29 is 9.53 Å². The van der Waals surface area contributed by atoms with Crippen LogP contribution >= 0.6 is 0 Å². The van der Waals surface area contributed by atoms with Crippen molar-refractivity contribution in [3.63, 3.8) is 0 Å². The van der Waals surface area contributed by atoms with Crippen LogP contribution in [0, 0.1) is 5.41 Å². The second kappa shape index (κ2) is 6.82. The van der Waals surface area contributed by atoms with Crippen LogP contribution < -0.4 is 5.32 Å². The molecule has 0 aromatic rings. The average Bonchev–Trinajstić information content (AvgIpc) is 2.22. The zero-order valence-electron chi connectivity index (χ0n) is 9.85. The highest BCUT2D eigenvalue weighted by atomic mass is 16.5. The highest BCUT2D eigenvalue weighted by Crippen LogP contribution is 2.29. The van der Waals surface area contributed by atoms with E-state index in [-0.39, 0.29) is 11.4 Å². The minimum Gasteiger partial charge on any atom is -0.469 e. The summed E-state index contributed by atoms with van der Waals surface area (Å²) in [5, 5.41) is 3.10. The molecule has 0 aliphatic heterocycles. The average molecular weight is 201 g/mol. The maximum atomic E-state index is 11.5. The number of methoxy groups -OCH3 is 1. The molecular weight excluding hydrogens is 178 g/mol. The summed E-state index contributed by atoms with van der Waals surface area (Å²) in [4.78, 5) is 11.5. The van der Waals surface area contributed by atoms with Crippen LogP contribution in [0.3, 0.4) is 0 Å². The van der Waals surface area contributed by atoms with Gasteiger partial charge in [-0.1, -0.05) is 13.3 Å². The molecular formula is C11H23NO2. The third kappa shape index (κ3) is 4.09. The Bertz CT molecular complexity index is 171. The molecule has 1 atom stereocenters. The predicted molar refractivity (Wildman–Crippen MR) is 58.2 cm³/mol. The van der Waals surface area contributed by atoms with Gasteiger partial charge in [0.25, 0.3) is 0 Å². The highest BCUT2D eigenvalue weighted by Gasteiger charge is 2.31. The monoisotopic (exact) mass is 201 g/mol. The summed E-state index contributed by atoms with van der Waals surface area (Å²) >= 11 is 0. The van der Waals surface area contributed by atoms with Gasteiger partial charge in [0, 0.05) is 0 Å². The van der Waals surface area contributed by atoms with Crippen LogP contribution in [0.5, 0.6) is 0 Å². The Morgan fingerprint density at radius 3 is 2.50 bits per heavy atom. The van der Waals surface area contributed by atoms with Crippen LogP contribution in [0.4, 0.5) is 0 Å². The first-order valence-corrected chi connectivity index (χ1v) is 5.33. The normalized spacial score (nSPS) is 14.9. The van der Waals surface area contributed by atoms with Gasteiger partial charge >= 0.3 is 5.97 Å². The number of hydrogen-bond acceptors (Lipinski definition) is 3. The fraction of sp³-hybridized carbons (Fsp3) is 0.909. The van der Waals surface area contributed by atoms with E-state index in [0.717, 1.165) is 32.2 Å². The summed E-state index contributed by atoms with van der Waals surface area (Å²) in [7, 11) is 3.41. The molecule has 3 heteroatoms. The van der Waals surface area contributed by atoms with E-state index < -0.39 is 0 Å². The van der Waals surface area contributed by atoms with E-state index in [4.69, 9.17) is 4.74 Å². The number of hydrogen-bond donors (Lipinski definition) is 1. The van der Waals surface area contributed by atoms with Crippen molar-refractivity contribution in [1.29, 1.82) is 0 Å². The molecule has 0 fully saturated rings. The topological polar surface area (TPSA) is 38.3 Å². The minimum absolute atomic E-state index is 0.0792. The lowest BCUT2D eigenvalue weighted by Crippen LogP contribution is -2.28. The molecule has 0 spiro atoms. The Balaban J connectivity index is 3.93. The lowest BCUT2D eigenvalue weighted by atomic mass is 9.82. The molecule has 1 N–H and O–H groups in total. The van der Waals surface area contributed by atoms with Gasteiger partial charge in [-0.2, -0.15) is 0 Å². The van der Waals surface area contributed by atoms with Gasteiger partial charge in [0.1, 0.15) is 0 Å². The zero-order valence-corrected chi connectivity index (χ0v) is 9.85. The van der Waals surface area contributed by atoms with E-state index in [2.05, 4.69) is 5.32 Å². The summed E-state index contributed by atoms with van der Waals surface area (Å²) in [5.41, 5.74) is -0.289. The second-order valence-corrected chi connectivity index (χ2v) is 3.97. The number of ether oxygens (including phenoxy) is 1. The molecule has 0 radical (unpaired) electrons. The van der Waals surface area contributed by atoms with Gasteiger partial charge in [-0.25, -0.2) is 0 Å². The molecule has 0 saturated heterocycles. The summed E-state index contributed by atoms with van der Waals surface area (Å²) in [5.74, 6) is -0.0792. The Hall–Kier alpha value is -0.570. The van der Waals surface area contributed by atoms with Gasteiger partial charge in [0.2, 0.25) is 0 Å². The number of unbranched alkanes of at least 4 members (excludes halogenated alkanes) is 1. The van der Waals surface area contributed by atoms with Crippen molar-refractivity contribution in [2.24, 2.45) is 5.41 Å². The third-order valence-electron chi connectivity index (χ3n) is 2.86. The van der Waals surface area contributed by atoms with Crippen LogP contribution in [0.25, 0.3) is 0 Å². The zero-order chi connectivity index (χ0) is 11.0. The van der Waals surface area contributed by atoms with Crippen molar-refractivity contribution in [1.82, 2.24) is 5.32 Å². The molecule has 14 heavy (non-hydrogen) atoms. The molecule has 0 rings (SSSR count). The van der Waals surface area contributed by atoms with Gasteiger partial charge in [0.05, 0.1) is 12.5 Å². The summed E-state index contributed by atoms with van der Waals surface area (Å²) in [6.07, 6.45) is 3.94. The Labute approximate surface area is 87.2 Å². The molecule has 0 aliphatic rings. The van der Waals surface area contributed by atoms with Crippen LogP contribution in [-0.4, -0.2) is 26.7 Å². The number of carbonyl (C=O) groups is 1. The summed E-state index contributed by atoms with van der Waals surface area (Å²) in [6.45, 7) is 5.04. The maximum Gasteiger partial charge on any atom is 0.311 e. The van der Waals surface area contributed by atoms with E-state index in [9.17, 15) is 4.79 Å². The van der Waals surface area contributed by atoms with E-state index in [0.29, 0.717) is 0 Å². The fourth-order valence-corrected chi connectivity index (χ4v) is 1.49. The molecule has 0 heterocycles. The molecule has 0 saturated carbocycles. The number of carbonyl (C=O) groups excluding carboxylic acids is 1. The SMILES string of the molecule is CCC(C)(CCCCNC)C(=O)OC. The maximum absolute atomic E-state index is 11.5. The molecule has 0 aromatic carbocycles. The van der Waals surface area contributed by atoms with Crippen molar-refractivity contribution in [2.45, 2.75) is 39.5 Å². The highest BCUT2D eigenvalue weighted by molar-refractivity contribution is 5.76. The van der Waals surface area contributed by atoms with E-state index in [1.165, 1.54) is 7.11 Å². The molecule has 0 amide bonds. The first-order valence-electron chi connectivity index (χ1n) is 5.33. The minimum atomic E-state index is -0.289. The van der Waals surface area contributed by atoms with Gasteiger partial charge in [-0.15, -0.1) is 0 Å². The third-order valence-corrected chi connectivity index (χ3v) is 2.86. The quantitative estimate of drug-likeness (QED) is 0.505. The lowest BCUT2D eigenvalue weighted by molar-refractivity contribution is -0.152. The number of rotatable bonds is 7. The summed E-state index contributed by atoms with van der Waals surface area (Å²) < 4.78 is 4.81. The van der Waals surface area contributed by atoms with Gasteiger partial charge < -0.3 is 10.1 Å². The largest absolute Gasteiger partial charge is 0.469 e. The molecule has 0 aliphatic carbocycles. The number of esters is 1. The van der Waals surface area contributed by atoms with Crippen molar-refractivity contribution in [2.75, 3.05) is 20.7 Å². The molecule has 84 valence electrons. The Morgan fingerprint density at radius 1 is 1.43 bits per heavy atom. The molecule has 0 aromatic heterocycles. The molecule has 0 bridgehead atoms. The Kier molecular flexibility index (Phi) is 6.54. The van der Waals surface area contributed by atoms with Crippen molar-refractivity contribution in [3.05, 3.63) is 0 Å². The van der Waals surface area contributed by atoms with Crippen LogP contribution in [0.2, 0.25) is 0 Å². The van der Waals surface area contributed by atoms with Crippen LogP contribution in [0.15, 0.2) is 0 Å². The smallest absolute Gasteiger partial charge is 0.311 e. The lowest BCUT2D eigenvalue weighted by Gasteiger charge is -2.24. The van der Waals surface area contributed by atoms with Crippen LogP contribution in [0.1, 0.15) is 39.5 Å².